The second kappa shape index (κ2) is 40.4. The molecule has 21 aliphatic heterocycles. The van der Waals surface area contributed by atoms with Crippen LogP contribution in [-0.4, -0.2) is 410 Å². The van der Waals surface area contributed by atoms with Crippen LogP contribution in [0.1, 0.15) is 0 Å². The predicted octanol–water partition coefficient (Wildman–Crippen LogP) is -1.49. The highest BCUT2D eigenvalue weighted by molar-refractivity contribution is 5.04. The Morgan fingerprint density at radius 2 is 0.245 bits per heavy atom. The third kappa shape index (κ3) is 17.8. The van der Waals surface area contributed by atoms with Crippen LogP contribution in [-0.2, 0) is 166 Å². The Labute approximate surface area is 574 Å². The summed E-state index contributed by atoms with van der Waals surface area (Å²) in [6.45, 7) is -0.267. The van der Waals surface area contributed by atoms with Crippen molar-refractivity contribution in [2.45, 2.75) is 215 Å². The van der Waals surface area contributed by atoms with E-state index in [1.54, 1.807) is 0 Å². The lowest BCUT2D eigenvalue weighted by atomic mass is 9.94. The molecule has 0 aromatic carbocycles. The van der Waals surface area contributed by atoms with Crippen LogP contribution in [0.2, 0.25) is 0 Å². The maximum atomic E-state index is 7.03. The van der Waals surface area contributed by atoms with Crippen molar-refractivity contribution in [2.24, 2.45) is 0 Å². The topological polar surface area (TPSA) is 323 Å². The van der Waals surface area contributed by atoms with Crippen LogP contribution in [0, 0.1) is 0 Å². The van der Waals surface area contributed by atoms with Gasteiger partial charge >= 0.3 is 0 Å². The van der Waals surface area contributed by atoms with Crippen LogP contribution in [0.4, 0.5) is 0 Å². The molecule has 0 N–H and O–H groups in total. The first-order chi connectivity index (χ1) is 47.7. The summed E-state index contributed by atoms with van der Waals surface area (Å²) in [5.41, 5.74) is 0. The summed E-state index contributed by atoms with van der Waals surface area (Å²) in [5.74, 6) is 0. The summed E-state index contributed by atoms with van der Waals surface area (Å²) < 4.78 is 226. The van der Waals surface area contributed by atoms with Gasteiger partial charge in [0, 0.05) is 149 Å². The van der Waals surface area contributed by atoms with Gasteiger partial charge in [-0.25, -0.2) is 0 Å². The van der Waals surface area contributed by atoms with Crippen LogP contribution in [0.5, 0.6) is 0 Å². The van der Waals surface area contributed by atoms with Crippen molar-refractivity contribution < 1.29 is 166 Å². The predicted molar refractivity (Wildman–Crippen MR) is 329 cm³/mol. The third-order valence-corrected chi connectivity index (χ3v) is 19.3. The van der Waals surface area contributed by atoms with Gasteiger partial charge in [-0.15, -0.1) is 0 Å². The molecule has 574 valence electrons. The van der Waals surface area contributed by atoms with E-state index in [9.17, 15) is 0 Å². The monoisotopic (exact) mass is 1430 g/mol. The molecule has 0 saturated carbocycles. The number of hydrogen-bond donors (Lipinski definition) is 0. The van der Waals surface area contributed by atoms with E-state index in [0.29, 0.717) is 0 Å². The number of ether oxygens (including phenoxy) is 35. The Morgan fingerprint density at radius 3 is 0.327 bits per heavy atom. The van der Waals surface area contributed by atoms with Crippen molar-refractivity contribution in [3.05, 3.63) is 0 Å². The summed E-state index contributed by atoms with van der Waals surface area (Å²) in [6.07, 6.45) is -35.9. The lowest BCUT2D eigenvalue weighted by Gasteiger charge is -2.52. The molecule has 35 nitrogen and oxygen atoms in total. The van der Waals surface area contributed by atoms with Crippen LogP contribution in [0.3, 0.4) is 0 Å². The normalized spacial score (nSPS) is 46.1. The zero-order chi connectivity index (χ0) is 70.9. The highest BCUT2D eigenvalue weighted by Crippen LogP contribution is 2.43. The molecule has 35 atom stereocenters. The Bertz CT molecular complexity index is 1800. The molecule has 21 saturated heterocycles. The van der Waals surface area contributed by atoms with Crippen molar-refractivity contribution in [3.63, 3.8) is 0 Å². The van der Waals surface area contributed by atoms with Crippen molar-refractivity contribution in [2.75, 3.05) is 196 Å². The molecule has 0 aliphatic carbocycles. The minimum atomic E-state index is -1.22. The fourth-order valence-electron chi connectivity index (χ4n) is 14.9. The van der Waals surface area contributed by atoms with Crippen molar-refractivity contribution in [1.82, 2.24) is 0 Å². The summed E-state index contributed by atoms with van der Waals surface area (Å²) >= 11 is 0. The molecule has 0 unspecified atom stereocenters. The molecular formula is C63H112O35. The standard InChI is InChI=1S/C63H112O35/c1-64-22-29-36-43(71-8)50(78-15)57(85-29)93-37-30(23-65-2)87-59(52(80-17)44(37)72-9)95-39-32(25-67-4)89-61(54(82-19)46(39)74-11)97-41-34(27-69-6)91-63(56(84-21)48(41)76-13)98-42-35(28-70-7)90-62(55(83-20)49(42)77-14)96-40-33(26-68-5)88-60(53(81-18)47(40)75-12)94-38-31(24-66-3)86-58(92-36)51(79-16)45(38)73-10/h29-63H,22-28H2,1-21H3/t29-,30-,31-,32-,33-,34-,35-,36-,37-,38-,39-,40-,41-,42-,43+,44+,45+,46+,47+,48+,49+,50-,51-,52-,53-,54-,55-,56-,57-,58-,59-,60-,61-,62-,63+/m1/s1. The zero-order valence-corrected chi connectivity index (χ0v) is 60.4. The molecule has 0 amide bonds. The van der Waals surface area contributed by atoms with Gasteiger partial charge in [-0.2, -0.15) is 0 Å². The van der Waals surface area contributed by atoms with Gasteiger partial charge in [-0.3, -0.25) is 0 Å². The van der Waals surface area contributed by atoms with Crippen LogP contribution in [0.15, 0.2) is 0 Å². The molecule has 14 bridgehead atoms. The molecule has 0 aromatic heterocycles. The van der Waals surface area contributed by atoms with Gasteiger partial charge in [-0.1, -0.05) is 0 Å². The van der Waals surface area contributed by atoms with Crippen LogP contribution in [0.25, 0.3) is 0 Å². The third-order valence-electron chi connectivity index (χ3n) is 19.3. The fraction of sp³-hybridized carbons (Fsp3) is 1.00. The van der Waals surface area contributed by atoms with E-state index in [2.05, 4.69) is 0 Å². The Kier molecular flexibility index (Phi) is 33.9. The van der Waals surface area contributed by atoms with Gasteiger partial charge in [0.1, 0.15) is 171 Å². The van der Waals surface area contributed by atoms with Gasteiger partial charge in [0.15, 0.2) is 44.0 Å². The van der Waals surface area contributed by atoms with E-state index in [-0.39, 0.29) is 46.2 Å². The second-order valence-electron chi connectivity index (χ2n) is 24.5. The average molecular weight is 1430 g/mol. The molecule has 0 radical (unpaired) electrons. The smallest absolute Gasteiger partial charge is 0.187 e. The van der Waals surface area contributed by atoms with E-state index in [1.165, 1.54) is 149 Å². The first kappa shape index (κ1) is 82.3. The lowest BCUT2D eigenvalue weighted by molar-refractivity contribution is -0.402. The van der Waals surface area contributed by atoms with Gasteiger partial charge in [-0.05, 0) is 0 Å². The van der Waals surface area contributed by atoms with E-state index in [4.69, 9.17) is 166 Å². The minimum absolute atomic E-state index is 0.0381. The Balaban J connectivity index is 1.23. The fourth-order valence-corrected chi connectivity index (χ4v) is 14.9. The van der Waals surface area contributed by atoms with Gasteiger partial charge in [0.05, 0.1) is 46.2 Å². The molecule has 35 heteroatoms. The Morgan fingerprint density at radius 1 is 0.143 bits per heavy atom. The summed E-state index contributed by atoms with van der Waals surface area (Å²) in [4.78, 5) is 0. The molecule has 21 fully saturated rings. The maximum Gasteiger partial charge on any atom is 0.187 e. The van der Waals surface area contributed by atoms with Crippen LogP contribution < -0.4 is 0 Å². The molecule has 98 heavy (non-hydrogen) atoms. The van der Waals surface area contributed by atoms with Gasteiger partial charge in [0.25, 0.3) is 0 Å². The van der Waals surface area contributed by atoms with Crippen LogP contribution >= 0.6 is 0 Å². The zero-order valence-electron chi connectivity index (χ0n) is 60.4. The van der Waals surface area contributed by atoms with Crippen molar-refractivity contribution in [1.29, 1.82) is 0 Å². The first-order valence-electron chi connectivity index (χ1n) is 32.7. The Hall–Kier alpha value is -1.40. The van der Waals surface area contributed by atoms with E-state index >= 15 is 0 Å². The largest absolute Gasteiger partial charge is 0.382 e. The molecular weight excluding hydrogens is 1320 g/mol. The van der Waals surface area contributed by atoms with E-state index < -0.39 is 215 Å². The van der Waals surface area contributed by atoms with Gasteiger partial charge in [0.2, 0.25) is 0 Å². The number of methoxy groups -OCH3 is 21. The summed E-state index contributed by atoms with van der Waals surface area (Å²) in [5, 5.41) is 0. The van der Waals surface area contributed by atoms with Gasteiger partial charge < -0.3 is 166 Å². The highest BCUT2D eigenvalue weighted by Gasteiger charge is 2.62. The molecule has 21 rings (SSSR count). The minimum Gasteiger partial charge on any atom is -0.382 e. The van der Waals surface area contributed by atoms with Crippen molar-refractivity contribution in [3.8, 4) is 0 Å². The second-order valence-corrected chi connectivity index (χ2v) is 24.5. The average Bonchev–Trinajstić information content (AvgIpc) is 0.775. The first-order valence-corrected chi connectivity index (χ1v) is 32.7. The number of hydrogen-bond acceptors (Lipinski definition) is 35. The summed E-state index contributed by atoms with van der Waals surface area (Å²) in [6, 6.07) is 0. The molecule has 21 aliphatic rings. The van der Waals surface area contributed by atoms with Crippen molar-refractivity contribution >= 4 is 0 Å². The van der Waals surface area contributed by atoms with E-state index in [0.717, 1.165) is 0 Å². The maximum absolute atomic E-state index is 7.03. The highest BCUT2D eigenvalue weighted by atomic mass is 16.8. The molecule has 21 heterocycles. The molecule has 0 spiro atoms. The lowest BCUT2D eigenvalue weighted by Crippen LogP contribution is -2.69. The number of rotatable bonds is 28. The quantitative estimate of drug-likeness (QED) is 0.0861. The molecule has 0 aromatic rings. The van der Waals surface area contributed by atoms with E-state index in [1.807, 2.05) is 0 Å². The SMILES string of the molecule is COC[C@H]1O[C@H]2O[C@H]3[C@H](OC)[C@@H](OC)[C@@H](O[C@H]4[C@H](OC)[C@@H](OC)[C@@H](O[C@H]5[C@H](OC)[C@@H](OC)[C@@H](O[C@H]6[C@H](OC)[C@@H](OC)[C@@H](O[C@H]7[C@H](OC)[C@@H](OC)[C@@H](O[C@H]8[C@H](OC)[C@@H](OC)[C@@H](O[C@H]1[C@H](OC)[C@H]2OC)O[C@@H]8COC)O[C@@H]7COC)O[C@@H]6COC)O[C@@H]5COC)O[C@@H]4COC)O[C@@H]3COC. The summed E-state index contributed by atoms with van der Waals surface area (Å²) in [7, 11) is 31.7.